The van der Waals surface area contributed by atoms with Crippen LogP contribution in [0, 0.1) is 0 Å². The third-order valence-corrected chi connectivity index (χ3v) is 2.54. The van der Waals surface area contributed by atoms with Crippen molar-refractivity contribution < 1.29 is 9.42 Å². The molecular formula is C12H15N7O2. The number of hydrazone groups is 1. The van der Waals surface area contributed by atoms with Crippen LogP contribution in [0.25, 0.3) is 0 Å². The number of carbonyl (C=O) groups is 1. The Labute approximate surface area is 120 Å². The standard InChI is InChI=1S/C12H15N7O2/c1-19(2)9-5-3-8(4-6-9)7-14-16-12(20)15-11-10(13)17-21-18-11/h3-7H,1-2H3,(H2,13,17)(H2,15,16,18,20). The molecule has 2 amide bonds. The van der Waals surface area contributed by atoms with E-state index in [9.17, 15) is 4.79 Å². The van der Waals surface area contributed by atoms with Gasteiger partial charge in [-0.25, -0.2) is 14.8 Å². The minimum atomic E-state index is -0.599. The number of aromatic nitrogens is 2. The molecule has 21 heavy (non-hydrogen) atoms. The number of anilines is 3. The molecular weight excluding hydrogens is 274 g/mol. The summed E-state index contributed by atoms with van der Waals surface area (Å²) < 4.78 is 4.34. The van der Waals surface area contributed by atoms with Crippen molar-refractivity contribution in [3.8, 4) is 0 Å². The molecule has 0 unspecified atom stereocenters. The van der Waals surface area contributed by atoms with Gasteiger partial charge in [0.1, 0.15) is 0 Å². The zero-order chi connectivity index (χ0) is 15.2. The van der Waals surface area contributed by atoms with Gasteiger partial charge in [0.2, 0.25) is 11.6 Å². The molecule has 0 atom stereocenters. The average molecular weight is 289 g/mol. The smallest absolute Gasteiger partial charge is 0.340 e. The lowest BCUT2D eigenvalue weighted by Crippen LogP contribution is -2.24. The van der Waals surface area contributed by atoms with Gasteiger partial charge in [0.05, 0.1) is 6.21 Å². The van der Waals surface area contributed by atoms with Crippen LogP contribution in [0.1, 0.15) is 5.56 Å². The van der Waals surface area contributed by atoms with Gasteiger partial charge < -0.3 is 10.6 Å². The molecule has 0 aliphatic carbocycles. The fraction of sp³-hybridized carbons (Fsp3) is 0.167. The third-order valence-electron chi connectivity index (χ3n) is 2.54. The first-order chi connectivity index (χ1) is 10.1. The predicted octanol–water partition coefficient (Wildman–Crippen LogP) is 0.873. The zero-order valence-corrected chi connectivity index (χ0v) is 11.6. The zero-order valence-electron chi connectivity index (χ0n) is 11.6. The summed E-state index contributed by atoms with van der Waals surface area (Å²) in [5, 5.41) is 12.9. The quantitative estimate of drug-likeness (QED) is 0.567. The van der Waals surface area contributed by atoms with Crippen LogP contribution in [0.5, 0.6) is 0 Å². The minimum Gasteiger partial charge on any atom is -0.378 e. The normalized spacial score (nSPS) is 10.6. The first-order valence-corrected chi connectivity index (χ1v) is 6.02. The molecule has 0 bridgehead atoms. The molecule has 2 aromatic rings. The Kier molecular flexibility index (Phi) is 4.34. The molecule has 4 N–H and O–H groups in total. The van der Waals surface area contributed by atoms with Gasteiger partial charge >= 0.3 is 6.03 Å². The van der Waals surface area contributed by atoms with Crippen LogP contribution in [0.4, 0.5) is 22.1 Å². The maximum absolute atomic E-state index is 11.5. The minimum absolute atomic E-state index is 0.00611. The van der Waals surface area contributed by atoms with Crippen molar-refractivity contribution in [1.82, 2.24) is 15.7 Å². The largest absolute Gasteiger partial charge is 0.378 e. The summed E-state index contributed by atoms with van der Waals surface area (Å²) in [6, 6.07) is 7.07. The summed E-state index contributed by atoms with van der Waals surface area (Å²) in [4.78, 5) is 13.5. The van der Waals surface area contributed by atoms with Gasteiger partial charge in [-0.1, -0.05) is 12.1 Å². The predicted molar refractivity (Wildman–Crippen MR) is 79.2 cm³/mol. The Balaban J connectivity index is 1.87. The van der Waals surface area contributed by atoms with Gasteiger partial charge in [-0.2, -0.15) is 5.10 Å². The number of carbonyl (C=O) groups excluding carboxylic acids is 1. The van der Waals surface area contributed by atoms with E-state index in [1.165, 1.54) is 6.21 Å². The van der Waals surface area contributed by atoms with Crippen LogP contribution >= 0.6 is 0 Å². The number of hydrogen-bond acceptors (Lipinski definition) is 7. The lowest BCUT2D eigenvalue weighted by atomic mass is 10.2. The summed E-state index contributed by atoms with van der Waals surface area (Å²) in [6.45, 7) is 0. The monoisotopic (exact) mass is 289 g/mol. The summed E-state index contributed by atoms with van der Waals surface area (Å²) in [7, 11) is 3.92. The van der Waals surface area contributed by atoms with Crippen LogP contribution in [-0.2, 0) is 0 Å². The van der Waals surface area contributed by atoms with E-state index >= 15 is 0 Å². The van der Waals surface area contributed by atoms with E-state index in [1.807, 2.05) is 43.3 Å². The fourth-order valence-corrected chi connectivity index (χ4v) is 1.44. The number of rotatable bonds is 4. The Morgan fingerprint density at radius 1 is 1.33 bits per heavy atom. The van der Waals surface area contributed by atoms with E-state index in [2.05, 4.69) is 30.8 Å². The average Bonchev–Trinajstić information content (AvgIpc) is 2.85. The number of nitrogens with one attached hydrogen (secondary N) is 2. The summed E-state index contributed by atoms with van der Waals surface area (Å²) in [5.41, 5.74) is 9.60. The van der Waals surface area contributed by atoms with Crippen LogP contribution < -0.4 is 21.4 Å². The Morgan fingerprint density at radius 2 is 2.05 bits per heavy atom. The molecule has 0 saturated heterocycles. The lowest BCUT2D eigenvalue weighted by Gasteiger charge is -2.11. The topological polar surface area (TPSA) is 122 Å². The van der Waals surface area contributed by atoms with E-state index in [-0.39, 0.29) is 11.6 Å². The second-order valence-corrected chi connectivity index (χ2v) is 4.31. The van der Waals surface area contributed by atoms with Crippen molar-refractivity contribution >= 4 is 29.6 Å². The van der Waals surface area contributed by atoms with E-state index < -0.39 is 6.03 Å². The molecule has 0 aliphatic heterocycles. The van der Waals surface area contributed by atoms with Crippen molar-refractivity contribution in [1.29, 1.82) is 0 Å². The molecule has 1 heterocycles. The highest BCUT2D eigenvalue weighted by atomic mass is 16.6. The molecule has 9 nitrogen and oxygen atoms in total. The Bertz CT molecular complexity index is 633. The van der Waals surface area contributed by atoms with Gasteiger partial charge in [0.15, 0.2) is 0 Å². The maximum atomic E-state index is 11.5. The van der Waals surface area contributed by atoms with Crippen molar-refractivity contribution in [2.45, 2.75) is 0 Å². The second kappa shape index (κ2) is 6.37. The van der Waals surface area contributed by atoms with E-state index in [1.54, 1.807) is 0 Å². The molecule has 0 radical (unpaired) electrons. The van der Waals surface area contributed by atoms with Gasteiger partial charge in [0.25, 0.3) is 0 Å². The lowest BCUT2D eigenvalue weighted by molar-refractivity contribution is 0.252. The van der Waals surface area contributed by atoms with Crippen molar-refractivity contribution in [3.63, 3.8) is 0 Å². The molecule has 1 aromatic heterocycles. The van der Waals surface area contributed by atoms with E-state index in [4.69, 9.17) is 5.73 Å². The molecule has 0 fully saturated rings. The van der Waals surface area contributed by atoms with Crippen molar-refractivity contribution in [3.05, 3.63) is 29.8 Å². The molecule has 0 aliphatic rings. The highest BCUT2D eigenvalue weighted by molar-refractivity contribution is 5.91. The van der Waals surface area contributed by atoms with E-state index in [0.717, 1.165) is 11.3 Å². The van der Waals surface area contributed by atoms with Crippen LogP contribution in [0.2, 0.25) is 0 Å². The van der Waals surface area contributed by atoms with Gasteiger partial charge in [0, 0.05) is 19.8 Å². The SMILES string of the molecule is CN(C)c1ccc(C=NNC(=O)Nc2nonc2N)cc1. The fourth-order valence-electron chi connectivity index (χ4n) is 1.44. The van der Waals surface area contributed by atoms with Crippen LogP contribution in [0.3, 0.4) is 0 Å². The summed E-state index contributed by atoms with van der Waals surface area (Å²) >= 11 is 0. The van der Waals surface area contributed by atoms with Crippen molar-refractivity contribution in [2.75, 3.05) is 30.0 Å². The number of nitrogens with two attached hydrogens (primary N) is 1. The number of nitrogen functional groups attached to an aromatic ring is 1. The molecule has 9 heteroatoms. The van der Waals surface area contributed by atoms with Crippen LogP contribution in [-0.4, -0.2) is 36.7 Å². The molecule has 1 aromatic carbocycles. The second-order valence-electron chi connectivity index (χ2n) is 4.31. The van der Waals surface area contributed by atoms with Gasteiger partial charge in [-0.3, -0.25) is 5.32 Å². The first kappa shape index (κ1) is 14.3. The van der Waals surface area contributed by atoms with Crippen molar-refractivity contribution in [2.24, 2.45) is 5.10 Å². The highest BCUT2D eigenvalue weighted by Gasteiger charge is 2.08. The molecule has 0 saturated carbocycles. The third kappa shape index (κ3) is 3.93. The highest BCUT2D eigenvalue weighted by Crippen LogP contribution is 2.11. The van der Waals surface area contributed by atoms with Gasteiger partial charge in [-0.15, -0.1) is 0 Å². The Hall–Kier alpha value is -3.10. The van der Waals surface area contributed by atoms with Gasteiger partial charge in [-0.05, 0) is 28.0 Å². The number of hydrogen-bond donors (Lipinski definition) is 3. The molecule has 0 spiro atoms. The van der Waals surface area contributed by atoms with E-state index in [0.29, 0.717) is 0 Å². The summed E-state index contributed by atoms with van der Waals surface area (Å²) in [6.07, 6.45) is 1.52. The number of nitrogens with zero attached hydrogens (tertiary/aromatic N) is 4. The Morgan fingerprint density at radius 3 is 2.62 bits per heavy atom. The van der Waals surface area contributed by atoms with Crippen LogP contribution in [0.15, 0.2) is 34.0 Å². The molecule has 2 rings (SSSR count). The number of urea groups is 1. The summed E-state index contributed by atoms with van der Waals surface area (Å²) in [5.74, 6) is 0.0337. The first-order valence-electron chi connectivity index (χ1n) is 6.02. The number of benzene rings is 1. The maximum Gasteiger partial charge on any atom is 0.340 e. The number of amides is 2. The molecule has 110 valence electrons.